The molecule has 9 nitrogen and oxygen atoms in total. The number of non-ortho nitro benzene ring substituents is 1. The molecule has 3 rings (SSSR count). The number of likely N-dealkylation sites (N-methyl/N-ethyl adjacent to an activating group) is 1. The van der Waals surface area contributed by atoms with E-state index in [0.29, 0.717) is 24.3 Å². The summed E-state index contributed by atoms with van der Waals surface area (Å²) < 4.78 is 39.2. The van der Waals surface area contributed by atoms with E-state index in [1.807, 2.05) is 0 Å². The molecule has 2 aromatic carbocycles. The third-order valence-corrected chi connectivity index (χ3v) is 5.81. The number of nitrogens with zero attached hydrogens (tertiary/aromatic N) is 4. The smallest absolute Gasteiger partial charge is 0.395 e. The van der Waals surface area contributed by atoms with Gasteiger partial charge in [0.15, 0.2) is 5.13 Å². The first-order valence-corrected chi connectivity index (χ1v) is 11.2. The van der Waals surface area contributed by atoms with Crippen LogP contribution in [0.4, 0.5) is 34.5 Å². The highest BCUT2D eigenvalue weighted by Gasteiger charge is 2.31. The first-order chi connectivity index (χ1) is 16.6. The second kappa shape index (κ2) is 11.3. The Balaban J connectivity index is 1.87. The topological polar surface area (TPSA) is 112 Å². The van der Waals surface area contributed by atoms with Gasteiger partial charge in [0.05, 0.1) is 22.8 Å². The van der Waals surface area contributed by atoms with Gasteiger partial charge in [-0.25, -0.2) is 9.78 Å². The Bertz CT molecular complexity index is 1190. The summed E-state index contributed by atoms with van der Waals surface area (Å²) in [6, 6.07) is 9.47. The van der Waals surface area contributed by atoms with E-state index < -0.39 is 22.7 Å². The molecule has 0 saturated carbocycles. The number of aliphatic hydroxyl groups excluding tert-OH is 1. The molecule has 0 atom stereocenters. The lowest BCUT2D eigenvalue weighted by atomic mass is 10.1. The van der Waals surface area contributed by atoms with Crippen molar-refractivity contribution in [2.45, 2.75) is 6.18 Å². The lowest BCUT2D eigenvalue weighted by Gasteiger charge is -2.24. The zero-order valence-electron chi connectivity index (χ0n) is 18.5. The summed E-state index contributed by atoms with van der Waals surface area (Å²) in [6.07, 6.45) is -4.56. The van der Waals surface area contributed by atoms with Gasteiger partial charge >= 0.3 is 12.2 Å². The summed E-state index contributed by atoms with van der Waals surface area (Å²) in [4.78, 5) is 31.1. The van der Waals surface area contributed by atoms with Crippen molar-refractivity contribution < 1.29 is 28.0 Å². The Kier molecular flexibility index (Phi) is 8.38. The average Bonchev–Trinajstić information content (AvgIpc) is 3.29. The molecule has 2 N–H and O–H groups in total. The molecule has 0 aliphatic heterocycles. The number of carbonyl (C=O) groups excluding carboxylic acids is 1. The maximum Gasteiger partial charge on any atom is 0.416 e. The third-order valence-electron chi connectivity index (χ3n) is 4.95. The summed E-state index contributed by atoms with van der Waals surface area (Å²) >= 11 is 1.11. The fourth-order valence-electron chi connectivity index (χ4n) is 3.10. The number of alkyl halides is 3. The van der Waals surface area contributed by atoms with Crippen molar-refractivity contribution in [1.29, 1.82) is 0 Å². The molecule has 35 heavy (non-hydrogen) atoms. The number of urea groups is 1. The average molecular weight is 510 g/mol. The lowest BCUT2D eigenvalue weighted by molar-refractivity contribution is -0.384. The highest BCUT2D eigenvalue weighted by molar-refractivity contribution is 7.14. The van der Waals surface area contributed by atoms with Crippen LogP contribution in [0.25, 0.3) is 11.3 Å². The second-order valence-electron chi connectivity index (χ2n) is 7.51. The summed E-state index contributed by atoms with van der Waals surface area (Å²) in [7, 11) is 1.75. The number of nitrogens with one attached hydrogen (secondary N) is 1. The number of hydrogen-bond acceptors (Lipinski definition) is 7. The minimum absolute atomic E-state index is 0.0333. The van der Waals surface area contributed by atoms with Crippen LogP contribution >= 0.6 is 11.3 Å². The van der Waals surface area contributed by atoms with Gasteiger partial charge in [-0.1, -0.05) is 18.2 Å². The van der Waals surface area contributed by atoms with E-state index in [0.717, 1.165) is 23.5 Å². The van der Waals surface area contributed by atoms with Crippen LogP contribution in [-0.2, 0) is 6.18 Å². The molecule has 3 aromatic rings. The van der Waals surface area contributed by atoms with Crippen LogP contribution in [0.1, 0.15) is 5.56 Å². The van der Waals surface area contributed by atoms with Gasteiger partial charge in [0.25, 0.3) is 5.69 Å². The van der Waals surface area contributed by atoms with Crippen molar-refractivity contribution in [3.05, 3.63) is 69.6 Å². The predicted molar refractivity (Wildman–Crippen MR) is 127 cm³/mol. The van der Waals surface area contributed by atoms with Crippen molar-refractivity contribution in [3.63, 3.8) is 0 Å². The standard InChI is InChI=1S/C22H22F3N5O4S/c1-28(10-11-31)8-9-29(20(32)26-17-6-3-5-16(13-17)22(23,24)25)21-27-19(14-35-21)15-4-2-7-18(12-15)30(33)34/h2-7,12-14,31H,8-11H2,1H3,(H,26,32). The zero-order chi connectivity index (χ0) is 25.6. The van der Waals surface area contributed by atoms with E-state index in [4.69, 9.17) is 5.11 Å². The first-order valence-electron chi connectivity index (χ1n) is 10.3. The van der Waals surface area contributed by atoms with E-state index in [1.54, 1.807) is 23.4 Å². The van der Waals surface area contributed by atoms with Crippen molar-refractivity contribution in [3.8, 4) is 11.3 Å². The minimum Gasteiger partial charge on any atom is -0.395 e. The number of nitro benzene ring substituents is 1. The zero-order valence-corrected chi connectivity index (χ0v) is 19.3. The monoisotopic (exact) mass is 509 g/mol. The lowest BCUT2D eigenvalue weighted by Crippen LogP contribution is -2.40. The summed E-state index contributed by atoms with van der Waals surface area (Å²) in [5.41, 5.74) is -0.144. The van der Waals surface area contributed by atoms with Crippen LogP contribution < -0.4 is 10.2 Å². The molecular weight excluding hydrogens is 487 g/mol. The van der Waals surface area contributed by atoms with Gasteiger partial charge in [-0.15, -0.1) is 11.3 Å². The number of carbonyl (C=O) groups is 1. The van der Waals surface area contributed by atoms with Crippen LogP contribution in [0.5, 0.6) is 0 Å². The molecule has 0 saturated heterocycles. The summed E-state index contributed by atoms with van der Waals surface area (Å²) in [5, 5.41) is 24.6. The Labute approximate surface area is 202 Å². The molecule has 13 heteroatoms. The number of rotatable bonds is 9. The SMILES string of the molecule is CN(CCO)CCN(C(=O)Nc1cccc(C(F)(F)F)c1)c1nc(-c2cccc([N+](=O)[O-])c2)cs1. The van der Waals surface area contributed by atoms with Crippen LogP contribution in [0.15, 0.2) is 53.9 Å². The number of aliphatic hydroxyl groups is 1. The Morgan fingerprint density at radius 2 is 1.91 bits per heavy atom. The normalized spacial score (nSPS) is 11.5. The van der Waals surface area contributed by atoms with Gasteiger partial charge in [-0.3, -0.25) is 15.0 Å². The molecule has 1 heterocycles. The number of anilines is 2. The fourth-order valence-corrected chi connectivity index (χ4v) is 3.96. The Morgan fingerprint density at radius 3 is 2.60 bits per heavy atom. The van der Waals surface area contributed by atoms with E-state index in [-0.39, 0.29) is 29.7 Å². The molecule has 0 bridgehead atoms. The molecule has 0 fully saturated rings. The third kappa shape index (κ3) is 6.97. The highest BCUT2D eigenvalue weighted by atomic mass is 32.1. The molecule has 0 unspecified atom stereocenters. The quantitative estimate of drug-likeness (QED) is 0.320. The number of nitro groups is 1. The predicted octanol–water partition coefficient (Wildman–Crippen LogP) is 4.70. The van der Waals surface area contributed by atoms with Crippen molar-refractivity contribution in [2.24, 2.45) is 0 Å². The highest BCUT2D eigenvalue weighted by Crippen LogP contribution is 2.32. The molecule has 0 aliphatic rings. The number of thiazole rings is 1. The van der Waals surface area contributed by atoms with Gasteiger partial charge in [0.2, 0.25) is 0 Å². The molecular formula is C22H22F3N5O4S. The van der Waals surface area contributed by atoms with E-state index in [9.17, 15) is 28.1 Å². The first kappa shape index (κ1) is 26.1. The Morgan fingerprint density at radius 1 is 1.17 bits per heavy atom. The summed E-state index contributed by atoms with van der Waals surface area (Å²) in [5.74, 6) is 0. The van der Waals surface area contributed by atoms with Crippen molar-refractivity contribution in [2.75, 3.05) is 43.5 Å². The van der Waals surface area contributed by atoms with E-state index in [2.05, 4.69) is 10.3 Å². The maximum absolute atomic E-state index is 13.1. The summed E-state index contributed by atoms with van der Waals surface area (Å²) in [6.45, 7) is 0.756. The molecule has 0 radical (unpaired) electrons. The van der Waals surface area contributed by atoms with Crippen LogP contribution in [0.2, 0.25) is 0 Å². The van der Waals surface area contributed by atoms with Gasteiger partial charge in [0.1, 0.15) is 0 Å². The number of halogens is 3. The largest absolute Gasteiger partial charge is 0.416 e. The molecule has 1 aromatic heterocycles. The van der Waals surface area contributed by atoms with Crippen LogP contribution in [0, 0.1) is 10.1 Å². The minimum atomic E-state index is -4.56. The van der Waals surface area contributed by atoms with Gasteiger partial charge < -0.3 is 15.3 Å². The molecule has 186 valence electrons. The van der Waals surface area contributed by atoms with Gasteiger partial charge in [-0.2, -0.15) is 13.2 Å². The molecule has 2 amide bonds. The van der Waals surface area contributed by atoms with Gasteiger partial charge in [0, 0.05) is 48.4 Å². The number of amides is 2. The maximum atomic E-state index is 13.1. The number of benzene rings is 2. The van der Waals surface area contributed by atoms with E-state index in [1.165, 1.54) is 35.2 Å². The number of aromatic nitrogens is 1. The fraction of sp³-hybridized carbons (Fsp3) is 0.273. The Hall–Kier alpha value is -3.55. The number of hydrogen-bond donors (Lipinski definition) is 2. The molecule has 0 spiro atoms. The molecule has 0 aliphatic carbocycles. The van der Waals surface area contributed by atoms with E-state index >= 15 is 0 Å². The van der Waals surface area contributed by atoms with Crippen molar-refractivity contribution in [1.82, 2.24) is 9.88 Å². The van der Waals surface area contributed by atoms with Crippen LogP contribution in [-0.4, -0.2) is 59.2 Å². The van der Waals surface area contributed by atoms with Gasteiger partial charge in [-0.05, 0) is 25.2 Å². The second-order valence-corrected chi connectivity index (χ2v) is 8.35. The van der Waals surface area contributed by atoms with Crippen molar-refractivity contribution >= 4 is 33.9 Å². The van der Waals surface area contributed by atoms with Crippen LogP contribution in [0.3, 0.4) is 0 Å².